The van der Waals surface area contributed by atoms with Crippen LogP contribution in [0.3, 0.4) is 0 Å². The first-order valence-corrected chi connectivity index (χ1v) is 7.65. The number of aliphatic hydroxyl groups is 1. The van der Waals surface area contributed by atoms with Crippen LogP contribution in [-0.4, -0.2) is 36.5 Å². The van der Waals surface area contributed by atoms with Crippen LogP contribution in [0.5, 0.6) is 0 Å². The van der Waals surface area contributed by atoms with Crippen molar-refractivity contribution in [3.63, 3.8) is 0 Å². The van der Waals surface area contributed by atoms with Crippen LogP contribution in [0, 0.1) is 6.92 Å². The summed E-state index contributed by atoms with van der Waals surface area (Å²) in [6.45, 7) is 3.56. The van der Waals surface area contributed by atoms with E-state index in [1.165, 1.54) is 10.4 Å². The Kier molecular flexibility index (Phi) is 3.21. The van der Waals surface area contributed by atoms with Crippen LogP contribution in [-0.2, 0) is 10.0 Å². The number of nitrogens with two attached hydrogens (primary N) is 1. The Balaban J connectivity index is 2.40. The minimum absolute atomic E-state index is 0.116. The van der Waals surface area contributed by atoms with Crippen molar-refractivity contribution in [3.8, 4) is 0 Å². The molecule has 0 spiro atoms. The summed E-state index contributed by atoms with van der Waals surface area (Å²) in [5.41, 5.74) is 5.80. The number of benzene rings is 1. The van der Waals surface area contributed by atoms with Crippen LogP contribution in [0.15, 0.2) is 21.5 Å². The largest absolute Gasteiger partial charge is 0.398 e. The standard InChI is InChI=1S/C11H15BrN2O3S/c1-7-3-8(12)9(13)4-10(7)18(16,17)14-5-11(2,15)6-14/h3-4,15H,5-6,13H2,1-2H3. The second kappa shape index (κ2) is 4.19. The van der Waals surface area contributed by atoms with Gasteiger partial charge in [-0.25, -0.2) is 8.42 Å². The third-order valence-electron chi connectivity index (χ3n) is 2.95. The lowest BCUT2D eigenvalue weighted by Gasteiger charge is -2.43. The summed E-state index contributed by atoms with van der Waals surface area (Å²) >= 11 is 3.26. The van der Waals surface area contributed by atoms with Gasteiger partial charge in [-0.2, -0.15) is 4.31 Å². The first-order valence-electron chi connectivity index (χ1n) is 5.42. The smallest absolute Gasteiger partial charge is 0.243 e. The average molecular weight is 335 g/mol. The van der Waals surface area contributed by atoms with Crippen molar-refractivity contribution in [2.24, 2.45) is 0 Å². The quantitative estimate of drug-likeness (QED) is 0.793. The minimum Gasteiger partial charge on any atom is -0.398 e. The molecule has 1 saturated heterocycles. The fourth-order valence-corrected chi connectivity index (χ4v) is 4.34. The molecule has 1 aromatic rings. The highest BCUT2D eigenvalue weighted by Gasteiger charge is 2.44. The van der Waals surface area contributed by atoms with Gasteiger partial charge in [0.25, 0.3) is 0 Å². The second-order valence-electron chi connectivity index (χ2n) is 4.91. The molecule has 18 heavy (non-hydrogen) atoms. The van der Waals surface area contributed by atoms with E-state index in [-0.39, 0.29) is 18.0 Å². The van der Waals surface area contributed by atoms with E-state index in [2.05, 4.69) is 15.9 Å². The van der Waals surface area contributed by atoms with E-state index in [4.69, 9.17) is 5.73 Å². The number of anilines is 1. The predicted octanol–water partition coefficient (Wildman–Crippen LogP) is 1.10. The van der Waals surface area contributed by atoms with Gasteiger partial charge in [0, 0.05) is 23.2 Å². The molecule has 5 nitrogen and oxygen atoms in total. The molecule has 2 rings (SSSR count). The molecule has 3 N–H and O–H groups in total. The molecule has 0 bridgehead atoms. The third kappa shape index (κ3) is 2.27. The average Bonchev–Trinajstić information content (AvgIpc) is 2.19. The van der Waals surface area contributed by atoms with E-state index in [1.54, 1.807) is 19.9 Å². The molecule has 0 unspecified atom stereocenters. The maximum Gasteiger partial charge on any atom is 0.243 e. The van der Waals surface area contributed by atoms with Gasteiger partial charge in [-0.1, -0.05) is 0 Å². The molecular weight excluding hydrogens is 320 g/mol. The first kappa shape index (κ1) is 13.8. The van der Waals surface area contributed by atoms with Crippen LogP contribution >= 0.6 is 15.9 Å². The molecular formula is C11H15BrN2O3S. The van der Waals surface area contributed by atoms with Crippen molar-refractivity contribution in [2.45, 2.75) is 24.3 Å². The van der Waals surface area contributed by atoms with Crippen LogP contribution in [0.4, 0.5) is 5.69 Å². The minimum atomic E-state index is -3.57. The van der Waals surface area contributed by atoms with E-state index >= 15 is 0 Å². The zero-order valence-electron chi connectivity index (χ0n) is 10.1. The molecule has 0 saturated carbocycles. The Hall–Kier alpha value is -0.630. The molecule has 0 aromatic heterocycles. The van der Waals surface area contributed by atoms with Crippen molar-refractivity contribution < 1.29 is 13.5 Å². The SMILES string of the molecule is Cc1cc(Br)c(N)cc1S(=O)(=O)N1CC(C)(O)C1. The van der Waals surface area contributed by atoms with E-state index in [1.807, 2.05) is 0 Å². The molecule has 1 fully saturated rings. The molecule has 0 atom stereocenters. The van der Waals surface area contributed by atoms with Crippen molar-refractivity contribution in [1.29, 1.82) is 0 Å². The summed E-state index contributed by atoms with van der Waals surface area (Å²) in [6.07, 6.45) is 0. The van der Waals surface area contributed by atoms with Crippen molar-refractivity contribution >= 4 is 31.6 Å². The van der Waals surface area contributed by atoms with E-state index in [0.29, 0.717) is 15.7 Å². The van der Waals surface area contributed by atoms with Crippen LogP contribution in [0.1, 0.15) is 12.5 Å². The van der Waals surface area contributed by atoms with Crippen molar-refractivity contribution in [2.75, 3.05) is 18.8 Å². The lowest BCUT2D eigenvalue weighted by atomic mass is 10.0. The van der Waals surface area contributed by atoms with Crippen LogP contribution in [0.25, 0.3) is 0 Å². The van der Waals surface area contributed by atoms with Gasteiger partial charge >= 0.3 is 0 Å². The number of rotatable bonds is 2. The van der Waals surface area contributed by atoms with Gasteiger partial charge in [0.15, 0.2) is 0 Å². The van der Waals surface area contributed by atoms with E-state index in [9.17, 15) is 13.5 Å². The molecule has 1 aliphatic rings. The van der Waals surface area contributed by atoms with Gasteiger partial charge in [0.1, 0.15) is 0 Å². The second-order valence-corrected chi connectivity index (χ2v) is 7.67. The number of hydrogen-bond acceptors (Lipinski definition) is 4. The predicted molar refractivity (Wildman–Crippen MR) is 72.7 cm³/mol. The highest BCUT2D eigenvalue weighted by molar-refractivity contribution is 9.10. The van der Waals surface area contributed by atoms with Gasteiger partial charge in [-0.15, -0.1) is 0 Å². The van der Waals surface area contributed by atoms with Crippen LogP contribution < -0.4 is 5.73 Å². The van der Waals surface area contributed by atoms with Gasteiger partial charge in [0.05, 0.1) is 10.5 Å². The number of halogens is 1. The zero-order chi connectivity index (χ0) is 13.7. The molecule has 1 aromatic carbocycles. The number of nitrogen functional groups attached to an aromatic ring is 1. The zero-order valence-corrected chi connectivity index (χ0v) is 12.5. The summed E-state index contributed by atoms with van der Waals surface area (Å²) in [7, 11) is -3.57. The fraction of sp³-hybridized carbons (Fsp3) is 0.455. The molecule has 0 radical (unpaired) electrons. The number of hydrogen-bond donors (Lipinski definition) is 2. The normalized spacial score (nSPS) is 19.6. The molecule has 1 heterocycles. The highest BCUT2D eigenvalue weighted by Crippen LogP contribution is 2.32. The van der Waals surface area contributed by atoms with Gasteiger partial charge in [-0.3, -0.25) is 0 Å². The van der Waals surface area contributed by atoms with Crippen molar-refractivity contribution in [1.82, 2.24) is 4.31 Å². The summed E-state index contributed by atoms with van der Waals surface area (Å²) in [5, 5.41) is 9.62. The maximum atomic E-state index is 12.3. The van der Waals surface area contributed by atoms with E-state index < -0.39 is 15.6 Å². The number of β-amino-alcohol motifs (C(OH)–C–C–N with tert-alkyl or cyclic N) is 1. The fourth-order valence-electron chi connectivity index (χ4n) is 1.97. The highest BCUT2D eigenvalue weighted by atomic mass is 79.9. The number of nitrogens with zero attached hydrogens (tertiary/aromatic N) is 1. The molecule has 0 amide bonds. The molecule has 0 aliphatic carbocycles. The van der Waals surface area contributed by atoms with Gasteiger partial charge in [-0.05, 0) is 47.5 Å². The monoisotopic (exact) mass is 334 g/mol. The lowest BCUT2D eigenvalue weighted by Crippen LogP contribution is -2.61. The topological polar surface area (TPSA) is 83.6 Å². The summed E-state index contributed by atoms with van der Waals surface area (Å²) in [4.78, 5) is 0.193. The molecule has 100 valence electrons. The summed E-state index contributed by atoms with van der Waals surface area (Å²) < 4.78 is 26.6. The Bertz CT molecular complexity index is 591. The molecule has 1 aliphatic heterocycles. The lowest BCUT2D eigenvalue weighted by molar-refractivity contribution is -0.0426. The Morgan fingerprint density at radius 3 is 2.50 bits per heavy atom. The number of aryl methyl sites for hydroxylation is 1. The molecule has 7 heteroatoms. The van der Waals surface area contributed by atoms with Crippen LogP contribution in [0.2, 0.25) is 0 Å². The summed E-state index contributed by atoms with van der Waals surface area (Å²) in [6, 6.07) is 3.13. The Labute approximate surface area is 115 Å². The Morgan fingerprint density at radius 2 is 2.00 bits per heavy atom. The van der Waals surface area contributed by atoms with E-state index in [0.717, 1.165) is 0 Å². The third-order valence-corrected chi connectivity index (χ3v) is 5.57. The number of sulfonamides is 1. The van der Waals surface area contributed by atoms with Gasteiger partial charge in [0.2, 0.25) is 10.0 Å². The maximum absolute atomic E-state index is 12.3. The van der Waals surface area contributed by atoms with Crippen molar-refractivity contribution in [3.05, 3.63) is 22.2 Å². The van der Waals surface area contributed by atoms with Gasteiger partial charge < -0.3 is 10.8 Å². The summed E-state index contributed by atoms with van der Waals surface area (Å²) in [5.74, 6) is 0. The Morgan fingerprint density at radius 1 is 1.44 bits per heavy atom. The first-order chi connectivity index (χ1) is 8.13.